The maximum absolute atomic E-state index is 11.1. The lowest BCUT2D eigenvalue weighted by molar-refractivity contribution is 0.0689. The van der Waals surface area contributed by atoms with Crippen molar-refractivity contribution in [1.29, 1.82) is 0 Å². The number of aromatic hydroxyl groups is 1. The van der Waals surface area contributed by atoms with Crippen molar-refractivity contribution in [3.05, 3.63) is 35.7 Å². The van der Waals surface area contributed by atoms with E-state index in [1.54, 1.807) is 12.1 Å². The van der Waals surface area contributed by atoms with Crippen LogP contribution >= 0.6 is 0 Å². The van der Waals surface area contributed by atoms with Gasteiger partial charge in [-0.1, -0.05) is 18.6 Å². The van der Waals surface area contributed by atoms with Gasteiger partial charge in [0.2, 0.25) is 0 Å². The van der Waals surface area contributed by atoms with Gasteiger partial charge in [0.25, 0.3) is 0 Å². The summed E-state index contributed by atoms with van der Waals surface area (Å²) in [7, 11) is 0. The van der Waals surface area contributed by atoms with Crippen molar-refractivity contribution in [3.63, 3.8) is 0 Å². The number of unbranched alkanes of at least 4 members (excludes halogenated alkanes) is 1. The van der Waals surface area contributed by atoms with E-state index >= 15 is 0 Å². The minimum absolute atomic E-state index is 0.0125. The summed E-state index contributed by atoms with van der Waals surface area (Å²) in [6.45, 7) is 2.04. The number of carboxylic acids is 1. The van der Waals surface area contributed by atoms with Crippen LogP contribution in [-0.2, 0) is 6.42 Å². The zero-order valence-electron chi connectivity index (χ0n) is 10.6. The minimum atomic E-state index is -1.07. The van der Waals surface area contributed by atoms with Crippen molar-refractivity contribution in [3.8, 4) is 11.4 Å². The van der Waals surface area contributed by atoms with Crippen molar-refractivity contribution >= 4 is 5.97 Å². The maximum Gasteiger partial charge on any atom is 0.358 e. The van der Waals surface area contributed by atoms with Crippen molar-refractivity contribution in [2.75, 3.05) is 0 Å². The fraction of sp³-hybridized carbons (Fsp3) is 0.308. The van der Waals surface area contributed by atoms with Gasteiger partial charge in [-0.3, -0.25) is 0 Å². The van der Waals surface area contributed by atoms with Gasteiger partial charge in [0.1, 0.15) is 5.75 Å². The summed E-state index contributed by atoms with van der Waals surface area (Å²) in [5.74, 6) is -0.923. The highest BCUT2D eigenvalue weighted by Gasteiger charge is 2.19. The minimum Gasteiger partial charge on any atom is -0.508 e. The molecule has 0 amide bonds. The standard InChI is InChI=1S/C13H15N3O3/c1-2-3-4-11-12(13(18)19)14-15-16(11)9-5-7-10(17)8-6-9/h5-8,17H,2-4H2,1H3,(H,18,19). The Kier molecular flexibility index (Phi) is 3.79. The van der Waals surface area contributed by atoms with E-state index in [1.165, 1.54) is 16.8 Å². The quantitative estimate of drug-likeness (QED) is 0.859. The lowest BCUT2D eigenvalue weighted by Gasteiger charge is -2.06. The predicted molar refractivity (Wildman–Crippen MR) is 68.6 cm³/mol. The number of phenols is 1. The molecule has 0 bridgehead atoms. The van der Waals surface area contributed by atoms with Crippen LogP contribution in [0.2, 0.25) is 0 Å². The van der Waals surface area contributed by atoms with Gasteiger partial charge in [-0.2, -0.15) is 0 Å². The molecule has 1 aromatic heterocycles. The Morgan fingerprint density at radius 1 is 1.32 bits per heavy atom. The highest BCUT2D eigenvalue weighted by molar-refractivity contribution is 5.86. The fourth-order valence-electron chi connectivity index (χ4n) is 1.84. The van der Waals surface area contributed by atoms with Crippen molar-refractivity contribution in [2.24, 2.45) is 0 Å². The van der Waals surface area contributed by atoms with E-state index in [0.717, 1.165) is 12.8 Å². The second-order valence-electron chi connectivity index (χ2n) is 4.22. The second kappa shape index (κ2) is 5.51. The number of carboxylic acid groups (broad SMARTS) is 1. The Hall–Kier alpha value is -2.37. The number of aromatic carboxylic acids is 1. The Bertz CT molecular complexity index is 575. The topological polar surface area (TPSA) is 88.2 Å². The molecule has 0 aliphatic carbocycles. The van der Waals surface area contributed by atoms with Gasteiger partial charge < -0.3 is 10.2 Å². The number of aromatic nitrogens is 3. The SMILES string of the molecule is CCCCc1c(C(=O)O)nnn1-c1ccc(O)cc1. The van der Waals surface area contributed by atoms with Crippen molar-refractivity contribution in [1.82, 2.24) is 15.0 Å². The molecular weight excluding hydrogens is 246 g/mol. The molecule has 0 unspecified atom stereocenters. The van der Waals surface area contributed by atoms with Gasteiger partial charge in [-0.05, 0) is 37.1 Å². The van der Waals surface area contributed by atoms with Crippen LogP contribution in [0, 0.1) is 0 Å². The third-order valence-electron chi connectivity index (χ3n) is 2.83. The number of carbonyl (C=O) groups is 1. The molecule has 2 aromatic rings. The first-order valence-corrected chi connectivity index (χ1v) is 6.10. The number of hydrogen-bond donors (Lipinski definition) is 2. The van der Waals surface area contributed by atoms with Crippen LogP contribution in [0.5, 0.6) is 5.75 Å². The Morgan fingerprint density at radius 3 is 2.58 bits per heavy atom. The lowest BCUT2D eigenvalue weighted by Crippen LogP contribution is -2.07. The van der Waals surface area contributed by atoms with E-state index < -0.39 is 5.97 Å². The molecule has 6 heteroatoms. The molecular formula is C13H15N3O3. The average Bonchev–Trinajstić information content (AvgIpc) is 2.81. The molecule has 0 saturated heterocycles. The Labute approximate surface area is 110 Å². The van der Waals surface area contributed by atoms with Gasteiger partial charge in [-0.15, -0.1) is 5.10 Å². The molecule has 0 aliphatic rings. The van der Waals surface area contributed by atoms with Crippen molar-refractivity contribution in [2.45, 2.75) is 26.2 Å². The number of benzene rings is 1. The van der Waals surface area contributed by atoms with E-state index in [-0.39, 0.29) is 11.4 Å². The van der Waals surface area contributed by atoms with E-state index in [0.29, 0.717) is 17.8 Å². The van der Waals surface area contributed by atoms with Gasteiger partial charge >= 0.3 is 5.97 Å². The molecule has 19 heavy (non-hydrogen) atoms. The highest BCUT2D eigenvalue weighted by atomic mass is 16.4. The zero-order chi connectivity index (χ0) is 13.8. The van der Waals surface area contributed by atoms with Crippen LogP contribution in [0.25, 0.3) is 5.69 Å². The second-order valence-corrected chi connectivity index (χ2v) is 4.22. The monoisotopic (exact) mass is 261 g/mol. The fourth-order valence-corrected chi connectivity index (χ4v) is 1.84. The largest absolute Gasteiger partial charge is 0.508 e. The van der Waals surface area contributed by atoms with Crippen LogP contribution in [-0.4, -0.2) is 31.2 Å². The number of hydrogen-bond acceptors (Lipinski definition) is 4. The summed E-state index contributed by atoms with van der Waals surface area (Å²) in [6.07, 6.45) is 2.43. The van der Waals surface area contributed by atoms with Crippen LogP contribution in [0.15, 0.2) is 24.3 Å². The summed E-state index contributed by atoms with van der Waals surface area (Å²) in [5.41, 5.74) is 1.26. The van der Waals surface area contributed by atoms with Crippen LogP contribution in [0.3, 0.4) is 0 Å². The number of rotatable bonds is 5. The van der Waals surface area contributed by atoms with E-state index in [4.69, 9.17) is 5.11 Å². The summed E-state index contributed by atoms with van der Waals surface area (Å²) < 4.78 is 1.51. The van der Waals surface area contributed by atoms with Crippen molar-refractivity contribution < 1.29 is 15.0 Å². The smallest absolute Gasteiger partial charge is 0.358 e. The Morgan fingerprint density at radius 2 is 2.00 bits per heavy atom. The molecule has 100 valence electrons. The van der Waals surface area contributed by atoms with Gasteiger partial charge in [0, 0.05) is 0 Å². The Balaban J connectivity index is 2.44. The normalized spacial score (nSPS) is 10.6. The van der Waals surface area contributed by atoms with Gasteiger partial charge in [0.05, 0.1) is 11.4 Å². The summed E-state index contributed by atoms with van der Waals surface area (Å²) in [4.78, 5) is 11.1. The third kappa shape index (κ3) is 2.73. The predicted octanol–water partition coefficient (Wildman–Crippen LogP) is 2.01. The van der Waals surface area contributed by atoms with Gasteiger partial charge in [-0.25, -0.2) is 9.48 Å². The average molecular weight is 261 g/mol. The van der Waals surface area contributed by atoms with E-state index in [1.807, 2.05) is 6.92 Å². The molecule has 0 atom stereocenters. The summed E-state index contributed by atoms with van der Waals surface area (Å²) in [6, 6.07) is 6.40. The van der Waals surface area contributed by atoms with Crippen LogP contribution in [0.1, 0.15) is 35.9 Å². The lowest BCUT2D eigenvalue weighted by atomic mass is 10.1. The first-order chi connectivity index (χ1) is 9.13. The first-order valence-electron chi connectivity index (χ1n) is 6.10. The van der Waals surface area contributed by atoms with Crippen LogP contribution < -0.4 is 0 Å². The molecule has 2 rings (SSSR count). The molecule has 2 N–H and O–H groups in total. The third-order valence-corrected chi connectivity index (χ3v) is 2.83. The summed E-state index contributed by atoms with van der Waals surface area (Å²) >= 11 is 0. The maximum atomic E-state index is 11.1. The highest BCUT2D eigenvalue weighted by Crippen LogP contribution is 2.18. The summed E-state index contributed by atoms with van der Waals surface area (Å²) in [5, 5.41) is 26.0. The molecule has 0 radical (unpaired) electrons. The van der Waals surface area contributed by atoms with E-state index in [2.05, 4.69) is 10.3 Å². The molecule has 0 aliphatic heterocycles. The zero-order valence-corrected chi connectivity index (χ0v) is 10.6. The molecule has 0 fully saturated rings. The number of nitrogens with zero attached hydrogens (tertiary/aromatic N) is 3. The first kappa shape index (κ1) is 13.1. The molecule has 1 aromatic carbocycles. The molecule has 6 nitrogen and oxygen atoms in total. The van der Waals surface area contributed by atoms with Crippen LogP contribution in [0.4, 0.5) is 0 Å². The molecule has 0 saturated carbocycles. The van der Waals surface area contributed by atoms with Gasteiger partial charge in [0.15, 0.2) is 5.69 Å². The molecule has 0 spiro atoms. The van der Waals surface area contributed by atoms with E-state index in [9.17, 15) is 9.90 Å². The molecule has 1 heterocycles. The number of phenolic OH excluding ortho intramolecular Hbond substituents is 1.